The minimum atomic E-state index is -0.612. The summed E-state index contributed by atoms with van der Waals surface area (Å²) in [7, 11) is 0. The summed E-state index contributed by atoms with van der Waals surface area (Å²) in [6, 6.07) is 8.82. The lowest BCUT2D eigenvalue weighted by Crippen LogP contribution is -2.24. The summed E-state index contributed by atoms with van der Waals surface area (Å²) < 4.78 is 5.37. The van der Waals surface area contributed by atoms with E-state index in [1.807, 2.05) is 0 Å². The Morgan fingerprint density at radius 3 is 2.88 bits per heavy atom. The van der Waals surface area contributed by atoms with Crippen LogP contribution in [-0.2, 0) is 4.79 Å². The van der Waals surface area contributed by atoms with Crippen molar-refractivity contribution in [1.82, 2.24) is 5.43 Å². The largest absolute Gasteiger partial charge is 0.506 e. The number of carbonyl (C=O) groups excluding carboxylic acids is 1. The molecule has 0 aliphatic carbocycles. The van der Waals surface area contributed by atoms with E-state index >= 15 is 0 Å². The fraction of sp³-hybridized carbons (Fsp3) is 0.0667. The van der Waals surface area contributed by atoms with Gasteiger partial charge in [-0.15, -0.1) is 0 Å². The molecule has 1 amide bonds. The molecule has 0 saturated heterocycles. The van der Waals surface area contributed by atoms with E-state index in [1.165, 1.54) is 0 Å². The summed E-state index contributed by atoms with van der Waals surface area (Å²) in [5, 5.41) is 24.8. The number of nitrogens with one attached hydrogen (secondary N) is 1. The lowest BCUT2D eigenvalue weighted by molar-refractivity contribution is -0.385. The first-order valence-electron chi connectivity index (χ1n) is 6.74. The average molecular weight is 429 g/mol. The van der Waals surface area contributed by atoms with Crippen LogP contribution in [0.3, 0.4) is 0 Å². The van der Waals surface area contributed by atoms with E-state index in [1.54, 1.807) is 24.3 Å². The van der Waals surface area contributed by atoms with Gasteiger partial charge in [0.05, 0.1) is 15.6 Å². The molecule has 25 heavy (non-hydrogen) atoms. The molecule has 0 heterocycles. The van der Waals surface area contributed by atoms with E-state index < -0.39 is 10.8 Å². The highest BCUT2D eigenvalue weighted by atomic mass is 79.9. The number of hydrogen-bond donors (Lipinski definition) is 2. The monoisotopic (exact) mass is 427 g/mol. The Morgan fingerprint density at radius 2 is 2.20 bits per heavy atom. The van der Waals surface area contributed by atoms with Gasteiger partial charge in [-0.25, -0.2) is 5.43 Å². The molecule has 0 bridgehead atoms. The summed E-state index contributed by atoms with van der Waals surface area (Å²) in [6.07, 6.45) is 1.09. The Bertz CT molecular complexity index is 844. The molecule has 0 unspecified atom stereocenters. The van der Waals surface area contributed by atoms with Crippen LogP contribution in [0.25, 0.3) is 0 Å². The number of nitro groups is 1. The SMILES string of the molecule is O=C(COc1cccc(Cl)c1)N/N=C/c1cc([N+](=O)[O-])cc(Br)c1O. The number of amides is 1. The van der Waals surface area contributed by atoms with E-state index in [9.17, 15) is 20.0 Å². The van der Waals surface area contributed by atoms with Gasteiger partial charge in [-0.2, -0.15) is 5.10 Å². The highest BCUT2D eigenvalue weighted by molar-refractivity contribution is 9.10. The molecule has 8 nitrogen and oxygen atoms in total. The molecule has 2 N–H and O–H groups in total. The van der Waals surface area contributed by atoms with Crippen LogP contribution < -0.4 is 10.2 Å². The van der Waals surface area contributed by atoms with E-state index in [4.69, 9.17) is 16.3 Å². The van der Waals surface area contributed by atoms with Gasteiger partial charge in [0.25, 0.3) is 11.6 Å². The zero-order chi connectivity index (χ0) is 18.4. The normalized spacial score (nSPS) is 10.6. The number of hydrazone groups is 1. The number of ether oxygens (including phenoxy) is 1. The number of non-ortho nitro benzene ring substituents is 1. The van der Waals surface area contributed by atoms with Crippen LogP contribution in [-0.4, -0.2) is 28.8 Å². The van der Waals surface area contributed by atoms with Crippen molar-refractivity contribution in [1.29, 1.82) is 0 Å². The highest BCUT2D eigenvalue weighted by Crippen LogP contribution is 2.31. The Kier molecular flexibility index (Phi) is 6.31. The Balaban J connectivity index is 1.96. The molecule has 2 rings (SSSR count). The summed E-state index contributed by atoms with van der Waals surface area (Å²) in [6.45, 7) is -0.303. The van der Waals surface area contributed by atoms with E-state index in [-0.39, 0.29) is 28.1 Å². The van der Waals surface area contributed by atoms with Crippen LogP contribution in [0, 0.1) is 10.1 Å². The van der Waals surface area contributed by atoms with Gasteiger partial charge in [0.15, 0.2) is 6.61 Å². The minimum Gasteiger partial charge on any atom is -0.506 e. The number of benzene rings is 2. The first-order valence-corrected chi connectivity index (χ1v) is 7.91. The fourth-order valence-corrected chi connectivity index (χ4v) is 2.36. The van der Waals surface area contributed by atoms with Crippen molar-refractivity contribution < 1.29 is 19.6 Å². The highest BCUT2D eigenvalue weighted by Gasteiger charge is 2.13. The van der Waals surface area contributed by atoms with Crippen molar-refractivity contribution in [3.8, 4) is 11.5 Å². The molecule has 0 radical (unpaired) electrons. The van der Waals surface area contributed by atoms with Gasteiger partial charge in [-0.3, -0.25) is 14.9 Å². The quantitative estimate of drug-likeness (QED) is 0.416. The third-order valence-corrected chi connectivity index (χ3v) is 3.69. The molecular weight excluding hydrogens is 418 g/mol. The number of hydrogen-bond acceptors (Lipinski definition) is 6. The zero-order valence-corrected chi connectivity index (χ0v) is 14.8. The smallest absolute Gasteiger partial charge is 0.277 e. The molecule has 0 aliphatic rings. The summed E-state index contributed by atoms with van der Waals surface area (Å²) in [5.41, 5.74) is 2.02. The van der Waals surface area contributed by atoms with Crippen molar-refractivity contribution in [3.63, 3.8) is 0 Å². The second-order valence-corrected chi connectivity index (χ2v) is 5.95. The van der Waals surface area contributed by atoms with Crippen LogP contribution in [0.5, 0.6) is 11.5 Å². The Hall–Kier alpha value is -2.65. The summed E-state index contributed by atoms with van der Waals surface area (Å²) in [4.78, 5) is 21.8. The number of phenols is 1. The molecule has 0 saturated carbocycles. The molecular formula is C15H11BrClN3O5. The molecule has 10 heteroatoms. The van der Waals surface area contributed by atoms with Crippen LogP contribution in [0.4, 0.5) is 5.69 Å². The van der Waals surface area contributed by atoms with E-state index in [0.29, 0.717) is 10.8 Å². The second kappa shape index (κ2) is 8.45. The predicted molar refractivity (Wildman–Crippen MR) is 95.1 cm³/mol. The van der Waals surface area contributed by atoms with Gasteiger partial charge >= 0.3 is 0 Å². The van der Waals surface area contributed by atoms with Crippen LogP contribution in [0.1, 0.15) is 5.56 Å². The molecule has 0 fully saturated rings. The summed E-state index contributed by atoms with van der Waals surface area (Å²) in [5.74, 6) is -0.370. The van der Waals surface area contributed by atoms with E-state index in [0.717, 1.165) is 18.3 Å². The van der Waals surface area contributed by atoms with Crippen LogP contribution >= 0.6 is 27.5 Å². The van der Waals surface area contributed by atoms with E-state index in [2.05, 4.69) is 26.5 Å². The van der Waals surface area contributed by atoms with Crippen molar-refractivity contribution in [2.75, 3.05) is 6.61 Å². The first kappa shape index (κ1) is 18.7. The number of aromatic hydroxyl groups is 1. The molecule has 0 atom stereocenters. The third-order valence-electron chi connectivity index (χ3n) is 2.85. The molecule has 0 aliphatic heterocycles. The molecule has 0 aromatic heterocycles. The van der Waals surface area contributed by atoms with Gasteiger partial charge in [-0.1, -0.05) is 17.7 Å². The van der Waals surface area contributed by atoms with Gasteiger partial charge in [-0.05, 0) is 34.1 Å². The van der Waals surface area contributed by atoms with Crippen molar-refractivity contribution >= 4 is 45.3 Å². The maximum absolute atomic E-state index is 11.7. The number of nitrogens with zero attached hydrogens (tertiary/aromatic N) is 2. The van der Waals surface area contributed by atoms with Gasteiger partial charge in [0, 0.05) is 22.7 Å². The van der Waals surface area contributed by atoms with Gasteiger partial charge < -0.3 is 9.84 Å². The standard InChI is InChI=1S/C15H11BrClN3O5/c16-13-6-11(20(23)24)4-9(15(13)22)7-18-19-14(21)8-25-12-3-1-2-10(17)5-12/h1-7,22H,8H2,(H,19,21)/b18-7+. The average Bonchev–Trinajstić information content (AvgIpc) is 2.56. The number of phenolic OH excluding ortho intramolecular Hbond substituents is 1. The second-order valence-electron chi connectivity index (χ2n) is 4.66. The maximum atomic E-state index is 11.7. The first-order chi connectivity index (χ1) is 11.9. The molecule has 2 aromatic carbocycles. The number of halogens is 2. The minimum absolute atomic E-state index is 0.0668. The van der Waals surface area contributed by atoms with Crippen molar-refractivity contribution in [3.05, 3.63) is 61.6 Å². The van der Waals surface area contributed by atoms with Crippen LogP contribution in [0.15, 0.2) is 46.0 Å². The van der Waals surface area contributed by atoms with Gasteiger partial charge in [0.2, 0.25) is 0 Å². The lowest BCUT2D eigenvalue weighted by atomic mass is 10.2. The van der Waals surface area contributed by atoms with Crippen molar-refractivity contribution in [2.45, 2.75) is 0 Å². The molecule has 2 aromatic rings. The lowest BCUT2D eigenvalue weighted by Gasteiger charge is -2.05. The number of nitro benzene ring substituents is 1. The third kappa shape index (κ3) is 5.44. The fourth-order valence-electron chi connectivity index (χ4n) is 1.72. The van der Waals surface area contributed by atoms with Gasteiger partial charge in [0.1, 0.15) is 11.5 Å². The number of rotatable bonds is 6. The molecule has 0 spiro atoms. The predicted octanol–water partition coefficient (Wildman–Crippen LogP) is 3.25. The summed E-state index contributed by atoms with van der Waals surface area (Å²) >= 11 is 8.80. The number of carbonyl (C=O) groups is 1. The maximum Gasteiger partial charge on any atom is 0.277 e. The Morgan fingerprint density at radius 1 is 1.44 bits per heavy atom. The molecule has 130 valence electrons. The zero-order valence-electron chi connectivity index (χ0n) is 12.5. The Labute approximate surface area is 155 Å². The van der Waals surface area contributed by atoms with Crippen molar-refractivity contribution in [2.24, 2.45) is 5.10 Å². The van der Waals surface area contributed by atoms with Crippen LogP contribution in [0.2, 0.25) is 5.02 Å². The topological polar surface area (TPSA) is 114 Å².